The molecule has 0 aromatic heterocycles. The topological polar surface area (TPSA) is 52.9 Å². The third-order valence-electron chi connectivity index (χ3n) is 4.16. The molecule has 0 aromatic rings. The third kappa shape index (κ3) is 2.21. The number of hydrogen-bond donors (Lipinski definition) is 1. The highest BCUT2D eigenvalue weighted by Gasteiger charge is 2.41. The number of carbonyl (C=O) groups excluding carboxylic acids is 1. The Balaban J connectivity index is 1.88. The van der Waals surface area contributed by atoms with Crippen molar-refractivity contribution < 1.29 is 4.79 Å². The van der Waals surface area contributed by atoms with Crippen molar-refractivity contribution in [2.45, 2.75) is 45.4 Å². The molecule has 0 radical (unpaired) electrons. The third-order valence-corrected chi connectivity index (χ3v) is 4.16. The van der Waals surface area contributed by atoms with Crippen LogP contribution in [0.5, 0.6) is 0 Å². The molecule has 3 nitrogen and oxygen atoms in total. The number of carbonyl (C=O) groups is 1. The van der Waals surface area contributed by atoms with Crippen molar-refractivity contribution in [3.05, 3.63) is 0 Å². The van der Waals surface area contributed by atoms with Gasteiger partial charge in [0.25, 0.3) is 0 Å². The summed E-state index contributed by atoms with van der Waals surface area (Å²) in [6.45, 7) is 2.97. The second-order valence-corrected chi connectivity index (χ2v) is 5.44. The van der Waals surface area contributed by atoms with Gasteiger partial charge in [-0.25, -0.2) is 0 Å². The molecule has 16 heavy (non-hydrogen) atoms. The summed E-state index contributed by atoms with van der Waals surface area (Å²) in [6.07, 6.45) is 5.91. The molecule has 2 unspecified atom stereocenters. The summed E-state index contributed by atoms with van der Waals surface area (Å²) >= 11 is 0. The first-order valence-electron chi connectivity index (χ1n) is 6.37. The zero-order valence-electron chi connectivity index (χ0n) is 9.96. The van der Waals surface area contributed by atoms with E-state index >= 15 is 0 Å². The first-order valence-corrected chi connectivity index (χ1v) is 6.37. The lowest BCUT2D eigenvalue weighted by molar-refractivity contribution is -0.129. The maximum absolute atomic E-state index is 12.1. The molecular formula is C13H20N2O. The van der Waals surface area contributed by atoms with Gasteiger partial charge in [-0.3, -0.25) is 4.79 Å². The Hall–Kier alpha value is -1.04. The molecule has 0 spiro atoms. The van der Waals surface area contributed by atoms with Gasteiger partial charge in [0.05, 0.1) is 6.07 Å². The lowest BCUT2D eigenvalue weighted by atomic mass is 9.74. The molecule has 0 aliphatic heterocycles. The zero-order chi connectivity index (χ0) is 11.6. The molecule has 88 valence electrons. The Morgan fingerprint density at radius 2 is 2.06 bits per heavy atom. The predicted octanol–water partition coefficient (Wildman–Crippen LogP) is 2.23. The average molecular weight is 220 g/mol. The SMILES string of the molecule is CC1CC1CNC(=O)C1(C#N)CCCCC1. The maximum Gasteiger partial charge on any atom is 0.240 e. The predicted molar refractivity (Wildman–Crippen MR) is 61.4 cm³/mol. The van der Waals surface area contributed by atoms with Crippen LogP contribution in [0.15, 0.2) is 0 Å². The van der Waals surface area contributed by atoms with Crippen molar-refractivity contribution in [1.82, 2.24) is 5.32 Å². The number of nitriles is 1. The molecule has 0 saturated heterocycles. The van der Waals surface area contributed by atoms with Crippen LogP contribution in [-0.4, -0.2) is 12.5 Å². The van der Waals surface area contributed by atoms with Gasteiger partial charge in [-0.05, 0) is 31.1 Å². The minimum atomic E-state index is -0.712. The van der Waals surface area contributed by atoms with Crippen molar-refractivity contribution in [3.63, 3.8) is 0 Å². The van der Waals surface area contributed by atoms with Crippen molar-refractivity contribution in [3.8, 4) is 6.07 Å². The Kier molecular flexibility index (Phi) is 3.18. The van der Waals surface area contributed by atoms with E-state index in [2.05, 4.69) is 18.3 Å². The molecule has 3 heteroatoms. The summed E-state index contributed by atoms with van der Waals surface area (Å²) < 4.78 is 0. The van der Waals surface area contributed by atoms with E-state index in [1.165, 1.54) is 6.42 Å². The van der Waals surface area contributed by atoms with Gasteiger partial charge in [-0.15, -0.1) is 0 Å². The summed E-state index contributed by atoms with van der Waals surface area (Å²) in [5.74, 6) is 1.39. The van der Waals surface area contributed by atoms with Crippen molar-refractivity contribution in [1.29, 1.82) is 5.26 Å². The molecule has 2 fully saturated rings. The Morgan fingerprint density at radius 3 is 2.56 bits per heavy atom. The van der Waals surface area contributed by atoms with Crippen LogP contribution in [0.25, 0.3) is 0 Å². The summed E-state index contributed by atoms with van der Waals surface area (Å²) in [5.41, 5.74) is -0.712. The largest absolute Gasteiger partial charge is 0.354 e. The van der Waals surface area contributed by atoms with E-state index in [0.717, 1.165) is 44.6 Å². The van der Waals surface area contributed by atoms with Crippen LogP contribution in [0.4, 0.5) is 0 Å². The summed E-state index contributed by atoms with van der Waals surface area (Å²) in [5, 5.41) is 12.2. The first-order chi connectivity index (χ1) is 7.68. The van der Waals surface area contributed by atoms with Crippen LogP contribution in [-0.2, 0) is 4.79 Å². The average Bonchev–Trinajstić information content (AvgIpc) is 3.03. The number of rotatable bonds is 3. The van der Waals surface area contributed by atoms with E-state index in [1.54, 1.807) is 0 Å². The molecule has 0 heterocycles. The van der Waals surface area contributed by atoms with E-state index in [4.69, 9.17) is 0 Å². The minimum Gasteiger partial charge on any atom is -0.354 e. The van der Waals surface area contributed by atoms with E-state index in [-0.39, 0.29) is 5.91 Å². The van der Waals surface area contributed by atoms with Gasteiger partial charge < -0.3 is 5.32 Å². The standard InChI is InChI=1S/C13H20N2O/c1-10-7-11(10)8-15-12(16)13(9-14)5-3-2-4-6-13/h10-11H,2-8H2,1H3,(H,15,16). The summed E-state index contributed by atoms with van der Waals surface area (Å²) in [6, 6.07) is 2.26. The van der Waals surface area contributed by atoms with E-state index in [9.17, 15) is 10.1 Å². The highest BCUT2D eigenvalue weighted by molar-refractivity contribution is 5.85. The summed E-state index contributed by atoms with van der Waals surface area (Å²) in [7, 11) is 0. The molecule has 2 rings (SSSR count). The van der Waals surface area contributed by atoms with E-state index in [0.29, 0.717) is 5.92 Å². The molecule has 1 amide bonds. The minimum absolute atomic E-state index is 0.0196. The van der Waals surface area contributed by atoms with Crippen molar-refractivity contribution in [2.24, 2.45) is 17.3 Å². The number of nitrogens with zero attached hydrogens (tertiary/aromatic N) is 1. The van der Waals surface area contributed by atoms with Crippen LogP contribution in [0.1, 0.15) is 45.4 Å². The van der Waals surface area contributed by atoms with Gasteiger partial charge in [0, 0.05) is 6.54 Å². The van der Waals surface area contributed by atoms with Gasteiger partial charge in [0.1, 0.15) is 5.41 Å². The van der Waals surface area contributed by atoms with Gasteiger partial charge >= 0.3 is 0 Å². The normalized spacial score (nSPS) is 31.5. The van der Waals surface area contributed by atoms with Crippen molar-refractivity contribution in [2.75, 3.05) is 6.54 Å². The fourth-order valence-electron chi connectivity index (χ4n) is 2.62. The quantitative estimate of drug-likeness (QED) is 0.793. The van der Waals surface area contributed by atoms with E-state index < -0.39 is 5.41 Å². The fourth-order valence-corrected chi connectivity index (χ4v) is 2.62. The number of amides is 1. The van der Waals surface area contributed by atoms with Crippen molar-refractivity contribution >= 4 is 5.91 Å². The smallest absolute Gasteiger partial charge is 0.240 e. The molecular weight excluding hydrogens is 200 g/mol. The molecule has 1 N–H and O–H groups in total. The molecule has 2 saturated carbocycles. The highest BCUT2D eigenvalue weighted by atomic mass is 16.2. The highest BCUT2D eigenvalue weighted by Crippen LogP contribution is 2.38. The lowest BCUT2D eigenvalue weighted by Gasteiger charge is -2.29. The van der Waals surface area contributed by atoms with Crippen LogP contribution in [0.3, 0.4) is 0 Å². The lowest BCUT2D eigenvalue weighted by Crippen LogP contribution is -2.42. The Morgan fingerprint density at radius 1 is 1.44 bits per heavy atom. The monoisotopic (exact) mass is 220 g/mol. The zero-order valence-corrected chi connectivity index (χ0v) is 9.96. The Labute approximate surface area is 97.2 Å². The molecule has 2 aliphatic carbocycles. The van der Waals surface area contributed by atoms with Gasteiger partial charge in [0.2, 0.25) is 5.91 Å². The van der Waals surface area contributed by atoms with Crippen LogP contribution < -0.4 is 5.32 Å². The maximum atomic E-state index is 12.1. The molecule has 0 bridgehead atoms. The van der Waals surface area contributed by atoms with Gasteiger partial charge in [0.15, 0.2) is 0 Å². The second kappa shape index (κ2) is 4.45. The fraction of sp³-hybridized carbons (Fsp3) is 0.846. The van der Waals surface area contributed by atoms with Crippen LogP contribution in [0, 0.1) is 28.6 Å². The molecule has 2 aliphatic rings. The van der Waals surface area contributed by atoms with E-state index in [1.807, 2.05) is 0 Å². The molecule has 2 atom stereocenters. The van der Waals surface area contributed by atoms with Gasteiger partial charge in [-0.1, -0.05) is 26.2 Å². The molecule has 0 aromatic carbocycles. The Bertz CT molecular complexity index is 312. The number of nitrogens with one attached hydrogen (secondary N) is 1. The first kappa shape index (κ1) is 11.4. The van der Waals surface area contributed by atoms with Crippen LogP contribution in [0.2, 0.25) is 0 Å². The second-order valence-electron chi connectivity index (χ2n) is 5.44. The van der Waals surface area contributed by atoms with Gasteiger partial charge in [-0.2, -0.15) is 5.26 Å². The van der Waals surface area contributed by atoms with Crippen LogP contribution >= 0.6 is 0 Å². The number of hydrogen-bond acceptors (Lipinski definition) is 2. The summed E-state index contributed by atoms with van der Waals surface area (Å²) in [4.78, 5) is 12.1.